The predicted octanol–water partition coefficient (Wildman–Crippen LogP) is 1.82. The van der Waals surface area contributed by atoms with E-state index in [0.29, 0.717) is 18.7 Å². The van der Waals surface area contributed by atoms with Crippen molar-refractivity contribution in [1.82, 2.24) is 5.32 Å². The van der Waals surface area contributed by atoms with Gasteiger partial charge >= 0.3 is 0 Å². The molecule has 1 amide bonds. The average molecular weight is 222 g/mol. The summed E-state index contributed by atoms with van der Waals surface area (Å²) in [6, 6.07) is 5.10. The average Bonchev–Trinajstić information content (AvgIpc) is 2.63. The van der Waals surface area contributed by atoms with E-state index in [0.717, 1.165) is 12.0 Å². The fourth-order valence-electron chi connectivity index (χ4n) is 1.91. The molecule has 2 rings (SSSR count). The highest BCUT2D eigenvalue weighted by atomic mass is 19.1. The maximum Gasteiger partial charge on any atom is 0.220 e. The third-order valence-electron chi connectivity index (χ3n) is 2.83. The minimum atomic E-state index is -0.246. The first-order valence-corrected chi connectivity index (χ1v) is 5.45. The Bertz CT molecular complexity index is 386. The summed E-state index contributed by atoms with van der Waals surface area (Å²) < 4.78 is 13.5. The molecule has 2 N–H and O–H groups in total. The lowest BCUT2D eigenvalue weighted by Gasteiger charge is -2.14. The van der Waals surface area contributed by atoms with Crippen molar-refractivity contribution in [2.45, 2.75) is 25.8 Å². The maximum atomic E-state index is 13.5. The second kappa shape index (κ2) is 4.51. The molecule has 1 fully saturated rings. The molecule has 86 valence electrons. The quantitative estimate of drug-likeness (QED) is 0.819. The van der Waals surface area contributed by atoms with E-state index in [2.05, 4.69) is 10.6 Å². The topological polar surface area (TPSA) is 41.1 Å². The number of halogens is 1. The highest BCUT2D eigenvalue weighted by molar-refractivity contribution is 5.78. The van der Waals surface area contributed by atoms with Gasteiger partial charge in [0.2, 0.25) is 5.91 Å². The largest absolute Gasteiger partial charge is 0.380 e. The summed E-state index contributed by atoms with van der Waals surface area (Å²) in [6.45, 7) is 2.44. The molecule has 1 atom stereocenters. The summed E-state index contributed by atoms with van der Waals surface area (Å²) in [5, 5.41) is 5.89. The van der Waals surface area contributed by atoms with Gasteiger partial charge in [0.05, 0.1) is 5.69 Å². The molecular weight excluding hydrogens is 207 g/mol. The molecule has 1 aromatic carbocycles. The van der Waals surface area contributed by atoms with Crippen LogP contribution in [0, 0.1) is 12.7 Å². The number of rotatable bonds is 3. The van der Waals surface area contributed by atoms with Crippen molar-refractivity contribution in [3.63, 3.8) is 0 Å². The van der Waals surface area contributed by atoms with Gasteiger partial charge in [0.25, 0.3) is 0 Å². The maximum absolute atomic E-state index is 13.5. The van der Waals surface area contributed by atoms with Crippen molar-refractivity contribution >= 4 is 11.6 Å². The molecule has 1 aromatic rings. The minimum Gasteiger partial charge on any atom is -0.380 e. The van der Waals surface area contributed by atoms with Gasteiger partial charge in [0.1, 0.15) is 5.82 Å². The summed E-state index contributed by atoms with van der Waals surface area (Å²) >= 11 is 0. The molecule has 1 saturated heterocycles. The van der Waals surface area contributed by atoms with Crippen LogP contribution in [0.4, 0.5) is 10.1 Å². The van der Waals surface area contributed by atoms with Gasteiger partial charge in [-0.25, -0.2) is 4.39 Å². The molecular formula is C12H15FN2O. The molecule has 1 aliphatic heterocycles. The summed E-state index contributed by atoms with van der Waals surface area (Å²) in [4.78, 5) is 11.0. The smallest absolute Gasteiger partial charge is 0.220 e. The van der Waals surface area contributed by atoms with Gasteiger partial charge in [-0.1, -0.05) is 12.1 Å². The van der Waals surface area contributed by atoms with E-state index < -0.39 is 0 Å². The standard InChI is InChI=1S/C12H15FN2O/c1-8-3-2-4-10(13)12(8)14-7-9-5-6-11(16)15-9/h2-4,9,14H,5-7H2,1H3,(H,15,16). The fraction of sp³-hybridized carbons (Fsp3) is 0.417. The number of nitrogens with one attached hydrogen (secondary N) is 2. The Kier molecular flexibility index (Phi) is 3.08. The number of carbonyl (C=O) groups excluding carboxylic acids is 1. The van der Waals surface area contributed by atoms with Crippen LogP contribution in [-0.4, -0.2) is 18.5 Å². The number of carbonyl (C=O) groups is 1. The van der Waals surface area contributed by atoms with Gasteiger partial charge in [0.15, 0.2) is 0 Å². The fourth-order valence-corrected chi connectivity index (χ4v) is 1.91. The lowest BCUT2D eigenvalue weighted by Crippen LogP contribution is -2.32. The number of para-hydroxylation sites is 1. The van der Waals surface area contributed by atoms with Crippen molar-refractivity contribution < 1.29 is 9.18 Å². The molecule has 0 radical (unpaired) electrons. The van der Waals surface area contributed by atoms with Crippen LogP contribution >= 0.6 is 0 Å². The van der Waals surface area contributed by atoms with Crippen molar-refractivity contribution in [3.05, 3.63) is 29.6 Å². The number of amides is 1. The van der Waals surface area contributed by atoms with Gasteiger partial charge in [-0.05, 0) is 25.0 Å². The van der Waals surface area contributed by atoms with Crippen LogP contribution in [0.1, 0.15) is 18.4 Å². The van der Waals surface area contributed by atoms with Gasteiger partial charge in [0, 0.05) is 19.0 Å². The van der Waals surface area contributed by atoms with E-state index in [-0.39, 0.29) is 17.8 Å². The molecule has 1 heterocycles. The zero-order chi connectivity index (χ0) is 11.5. The molecule has 1 unspecified atom stereocenters. The number of hydrogen-bond acceptors (Lipinski definition) is 2. The summed E-state index contributed by atoms with van der Waals surface area (Å²) in [5.41, 5.74) is 1.41. The van der Waals surface area contributed by atoms with Gasteiger partial charge < -0.3 is 10.6 Å². The van der Waals surface area contributed by atoms with E-state index in [1.54, 1.807) is 6.07 Å². The molecule has 0 aliphatic carbocycles. The highest BCUT2D eigenvalue weighted by Crippen LogP contribution is 2.19. The number of anilines is 1. The van der Waals surface area contributed by atoms with Gasteiger partial charge in [-0.2, -0.15) is 0 Å². The highest BCUT2D eigenvalue weighted by Gasteiger charge is 2.20. The Morgan fingerprint density at radius 3 is 3.00 bits per heavy atom. The monoisotopic (exact) mass is 222 g/mol. The zero-order valence-corrected chi connectivity index (χ0v) is 9.22. The Balaban J connectivity index is 1.97. The van der Waals surface area contributed by atoms with E-state index in [1.807, 2.05) is 13.0 Å². The SMILES string of the molecule is Cc1cccc(F)c1NCC1CCC(=O)N1. The molecule has 0 bridgehead atoms. The predicted molar refractivity (Wildman–Crippen MR) is 60.8 cm³/mol. The van der Waals surface area contributed by atoms with E-state index >= 15 is 0 Å². The van der Waals surface area contributed by atoms with Crippen LogP contribution in [0.15, 0.2) is 18.2 Å². The Morgan fingerprint density at radius 2 is 2.38 bits per heavy atom. The molecule has 1 aliphatic rings. The number of benzene rings is 1. The molecule has 4 heteroatoms. The van der Waals surface area contributed by atoms with E-state index in [1.165, 1.54) is 6.07 Å². The van der Waals surface area contributed by atoms with Crippen LogP contribution in [0.3, 0.4) is 0 Å². The van der Waals surface area contributed by atoms with Crippen LogP contribution < -0.4 is 10.6 Å². The summed E-state index contributed by atoms with van der Waals surface area (Å²) in [5.74, 6) is -0.165. The lowest BCUT2D eigenvalue weighted by atomic mass is 10.1. The van der Waals surface area contributed by atoms with Crippen molar-refractivity contribution in [3.8, 4) is 0 Å². The molecule has 0 aromatic heterocycles. The first kappa shape index (κ1) is 10.9. The van der Waals surface area contributed by atoms with Crippen molar-refractivity contribution in [2.24, 2.45) is 0 Å². The lowest BCUT2D eigenvalue weighted by molar-refractivity contribution is -0.119. The molecule has 0 saturated carbocycles. The minimum absolute atomic E-state index is 0.0806. The van der Waals surface area contributed by atoms with Crippen LogP contribution in [-0.2, 0) is 4.79 Å². The first-order valence-electron chi connectivity index (χ1n) is 5.45. The third-order valence-corrected chi connectivity index (χ3v) is 2.83. The number of aryl methyl sites for hydroxylation is 1. The zero-order valence-electron chi connectivity index (χ0n) is 9.22. The van der Waals surface area contributed by atoms with Crippen LogP contribution in [0.2, 0.25) is 0 Å². The van der Waals surface area contributed by atoms with E-state index in [9.17, 15) is 9.18 Å². The number of hydrogen-bond donors (Lipinski definition) is 2. The third kappa shape index (κ3) is 2.32. The van der Waals surface area contributed by atoms with E-state index in [4.69, 9.17) is 0 Å². The van der Waals surface area contributed by atoms with Crippen molar-refractivity contribution in [2.75, 3.05) is 11.9 Å². The second-order valence-corrected chi connectivity index (χ2v) is 4.12. The van der Waals surface area contributed by atoms with Gasteiger partial charge in [-0.15, -0.1) is 0 Å². The molecule has 16 heavy (non-hydrogen) atoms. The van der Waals surface area contributed by atoms with Crippen LogP contribution in [0.25, 0.3) is 0 Å². The summed E-state index contributed by atoms with van der Waals surface area (Å²) in [6.07, 6.45) is 1.39. The summed E-state index contributed by atoms with van der Waals surface area (Å²) in [7, 11) is 0. The van der Waals surface area contributed by atoms with Crippen LogP contribution in [0.5, 0.6) is 0 Å². The Hall–Kier alpha value is -1.58. The Morgan fingerprint density at radius 1 is 1.56 bits per heavy atom. The first-order chi connectivity index (χ1) is 7.66. The second-order valence-electron chi connectivity index (χ2n) is 4.12. The molecule has 0 spiro atoms. The van der Waals surface area contributed by atoms with Crippen molar-refractivity contribution in [1.29, 1.82) is 0 Å². The van der Waals surface area contributed by atoms with Gasteiger partial charge in [-0.3, -0.25) is 4.79 Å². The normalized spacial score (nSPS) is 19.6. The molecule has 3 nitrogen and oxygen atoms in total. The Labute approximate surface area is 94.0 Å².